The molecule has 0 fully saturated rings. The summed E-state index contributed by atoms with van der Waals surface area (Å²) in [7, 11) is 0. The first-order valence-electron chi connectivity index (χ1n) is 6.06. The minimum atomic E-state index is -1.06. The first-order chi connectivity index (χ1) is 9.58. The third-order valence-corrected chi connectivity index (χ3v) is 2.93. The Kier molecular flexibility index (Phi) is 4.32. The molecule has 4 nitrogen and oxygen atoms in total. The second kappa shape index (κ2) is 6.16. The van der Waals surface area contributed by atoms with Gasteiger partial charge in [0, 0.05) is 12.1 Å². The first-order valence-corrected chi connectivity index (χ1v) is 6.06. The van der Waals surface area contributed by atoms with Crippen LogP contribution in [0.3, 0.4) is 0 Å². The Labute approximate surface area is 115 Å². The van der Waals surface area contributed by atoms with Gasteiger partial charge in [-0.3, -0.25) is 10.1 Å². The lowest BCUT2D eigenvalue weighted by atomic mass is 10.1. The van der Waals surface area contributed by atoms with E-state index in [2.05, 4.69) is 5.32 Å². The highest BCUT2D eigenvalue weighted by Gasteiger charge is 2.19. The van der Waals surface area contributed by atoms with Gasteiger partial charge in [0.2, 0.25) is 0 Å². The van der Waals surface area contributed by atoms with E-state index in [1.807, 2.05) is 0 Å². The molecule has 20 heavy (non-hydrogen) atoms. The molecular formula is C15H14FNO3. The average molecular weight is 275 g/mol. The van der Waals surface area contributed by atoms with E-state index in [1.54, 1.807) is 18.2 Å². The molecule has 1 atom stereocenters. The summed E-state index contributed by atoms with van der Waals surface area (Å²) in [5.74, 6) is -1.38. The van der Waals surface area contributed by atoms with Crippen LogP contribution in [-0.2, 0) is 11.3 Å². The third-order valence-electron chi connectivity index (χ3n) is 2.93. The van der Waals surface area contributed by atoms with Crippen molar-refractivity contribution in [3.05, 3.63) is 65.5 Å². The molecule has 1 unspecified atom stereocenters. The van der Waals surface area contributed by atoms with Gasteiger partial charge >= 0.3 is 5.97 Å². The predicted molar refractivity (Wildman–Crippen MR) is 71.7 cm³/mol. The molecule has 5 heteroatoms. The van der Waals surface area contributed by atoms with E-state index in [9.17, 15) is 19.4 Å². The van der Waals surface area contributed by atoms with Crippen LogP contribution in [-0.4, -0.2) is 16.2 Å². The van der Waals surface area contributed by atoms with Crippen molar-refractivity contribution in [3.8, 4) is 5.75 Å². The van der Waals surface area contributed by atoms with Crippen LogP contribution in [0.2, 0.25) is 0 Å². The molecule has 3 N–H and O–H groups in total. The highest BCUT2D eigenvalue weighted by molar-refractivity contribution is 5.75. The molecule has 0 aliphatic rings. The molecule has 0 radical (unpaired) electrons. The zero-order chi connectivity index (χ0) is 14.5. The average Bonchev–Trinajstić information content (AvgIpc) is 2.42. The molecular weight excluding hydrogens is 261 g/mol. The summed E-state index contributed by atoms with van der Waals surface area (Å²) in [4.78, 5) is 11.3. The van der Waals surface area contributed by atoms with E-state index in [1.165, 1.54) is 30.3 Å². The fourth-order valence-electron chi connectivity index (χ4n) is 1.87. The van der Waals surface area contributed by atoms with E-state index in [4.69, 9.17) is 0 Å². The minimum absolute atomic E-state index is 0.0620. The molecule has 0 aromatic heterocycles. The number of hydrogen-bond acceptors (Lipinski definition) is 3. The SMILES string of the molecule is O=C(O)C(NCc1ccccc1F)c1ccc(O)cc1. The molecule has 0 aliphatic heterocycles. The Balaban J connectivity index is 2.13. The maximum absolute atomic E-state index is 13.5. The number of phenolic OH excluding ortho intramolecular Hbond substituents is 1. The van der Waals surface area contributed by atoms with Crippen molar-refractivity contribution >= 4 is 5.97 Å². The van der Waals surface area contributed by atoms with E-state index >= 15 is 0 Å². The van der Waals surface area contributed by atoms with Crippen LogP contribution in [0.1, 0.15) is 17.2 Å². The molecule has 0 bridgehead atoms. The minimum Gasteiger partial charge on any atom is -0.508 e. The number of rotatable bonds is 5. The van der Waals surface area contributed by atoms with E-state index in [0.29, 0.717) is 11.1 Å². The van der Waals surface area contributed by atoms with E-state index < -0.39 is 12.0 Å². The van der Waals surface area contributed by atoms with Crippen molar-refractivity contribution in [2.45, 2.75) is 12.6 Å². The molecule has 104 valence electrons. The van der Waals surface area contributed by atoms with Gasteiger partial charge in [0.1, 0.15) is 17.6 Å². The highest BCUT2D eigenvalue weighted by atomic mass is 19.1. The summed E-state index contributed by atoms with van der Waals surface area (Å²) >= 11 is 0. The number of aliphatic carboxylic acids is 1. The molecule has 0 spiro atoms. The van der Waals surface area contributed by atoms with Crippen LogP contribution in [0.4, 0.5) is 4.39 Å². The lowest BCUT2D eigenvalue weighted by molar-refractivity contribution is -0.139. The van der Waals surface area contributed by atoms with Crippen molar-refractivity contribution in [1.29, 1.82) is 0 Å². The molecule has 2 rings (SSSR count). The van der Waals surface area contributed by atoms with Gasteiger partial charge in [-0.2, -0.15) is 0 Å². The first kappa shape index (κ1) is 14.0. The number of carboxylic acid groups (broad SMARTS) is 1. The van der Waals surface area contributed by atoms with Gasteiger partial charge in [0.15, 0.2) is 0 Å². The fraction of sp³-hybridized carbons (Fsp3) is 0.133. The van der Waals surface area contributed by atoms with Crippen molar-refractivity contribution in [1.82, 2.24) is 5.32 Å². The van der Waals surface area contributed by atoms with Gasteiger partial charge in [-0.25, -0.2) is 4.39 Å². The number of nitrogens with one attached hydrogen (secondary N) is 1. The van der Waals surface area contributed by atoms with Gasteiger partial charge in [-0.15, -0.1) is 0 Å². The standard InChI is InChI=1S/C15H14FNO3/c16-13-4-2-1-3-11(13)9-17-14(15(19)20)10-5-7-12(18)8-6-10/h1-8,14,17-18H,9H2,(H,19,20). The lowest BCUT2D eigenvalue weighted by Crippen LogP contribution is -2.28. The smallest absolute Gasteiger partial charge is 0.325 e. The molecule has 0 aliphatic carbocycles. The summed E-state index contributed by atoms with van der Waals surface area (Å²) in [6.07, 6.45) is 0. The Morgan fingerprint density at radius 2 is 1.80 bits per heavy atom. The molecule has 0 heterocycles. The van der Waals surface area contributed by atoms with Gasteiger partial charge in [-0.1, -0.05) is 30.3 Å². The summed E-state index contributed by atoms with van der Waals surface area (Å²) in [6.45, 7) is 0.102. The van der Waals surface area contributed by atoms with Gasteiger partial charge < -0.3 is 10.2 Å². The van der Waals surface area contributed by atoms with E-state index in [0.717, 1.165) is 0 Å². The number of phenols is 1. The van der Waals surface area contributed by atoms with Crippen molar-refractivity contribution in [3.63, 3.8) is 0 Å². The number of aromatic hydroxyl groups is 1. The third kappa shape index (κ3) is 3.33. The van der Waals surface area contributed by atoms with Crippen LogP contribution < -0.4 is 5.32 Å². The normalized spacial score (nSPS) is 12.1. The fourth-order valence-corrected chi connectivity index (χ4v) is 1.87. The van der Waals surface area contributed by atoms with Crippen molar-refractivity contribution < 1.29 is 19.4 Å². The maximum atomic E-state index is 13.5. The summed E-state index contributed by atoms with van der Waals surface area (Å²) in [5, 5.41) is 21.2. The maximum Gasteiger partial charge on any atom is 0.325 e. The molecule has 2 aromatic carbocycles. The van der Waals surface area contributed by atoms with Crippen LogP contribution in [0.15, 0.2) is 48.5 Å². The quantitative estimate of drug-likeness (QED) is 0.784. The second-order valence-electron chi connectivity index (χ2n) is 4.34. The number of hydrogen-bond donors (Lipinski definition) is 3. The van der Waals surface area contributed by atoms with Crippen molar-refractivity contribution in [2.24, 2.45) is 0 Å². The summed E-state index contributed by atoms with van der Waals surface area (Å²) < 4.78 is 13.5. The van der Waals surface area contributed by atoms with E-state index in [-0.39, 0.29) is 18.1 Å². The summed E-state index contributed by atoms with van der Waals surface area (Å²) in [5.41, 5.74) is 0.893. The van der Waals surface area contributed by atoms with Gasteiger partial charge in [-0.05, 0) is 23.8 Å². The molecule has 0 saturated heterocycles. The van der Waals surface area contributed by atoms with Gasteiger partial charge in [0.25, 0.3) is 0 Å². The number of carbonyl (C=O) groups is 1. The predicted octanol–water partition coefficient (Wildman–Crippen LogP) is 2.45. The molecule has 0 saturated carbocycles. The molecule has 0 amide bonds. The number of benzene rings is 2. The topological polar surface area (TPSA) is 69.6 Å². The van der Waals surface area contributed by atoms with Crippen molar-refractivity contribution in [2.75, 3.05) is 0 Å². The van der Waals surface area contributed by atoms with Crippen LogP contribution in [0.25, 0.3) is 0 Å². The lowest BCUT2D eigenvalue weighted by Gasteiger charge is -2.15. The largest absolute Gasteiger partial charge is 0.508 e. The van der Waals surface area contributed by atoms with Gasteiger partial charge in [0.05, 0.1) is 0 Å². The second-order valence-corrected chi connectivity index (χ2v) is 4.34. The highest BCUT2D eigenvalue weighted by Crippen LogP contribution is 2.18. The molecule has 2 aromatic rings. The Bertz CT molecular complexity index is 598. The monoisotopic (exact) mass is 275 g/mol. The zero-order valence-electron chi connectivity index (χ0n) is 10.6. The Hall–Kier alpha value is -2.40. The number of halogens is 1. The Morgan fingerprint density at radius 3 is 2.40 bits per heavy atom. The van der Waals surface area contributed by atoms with Crippen LogP contribution in [0, 0.1) is 5.82 Å². The van der Waals surface area contributed by atoms with Crippen LogP contribution >= 0.6 is 0 Å². The zero-order valence-corrected chi connectivity index (χ0v) is 10.6. The van der Waals surface area contributed by atoms with Crippen LogP contribution in [0.5, 0.6) is 5.75 Å². The Morgan fingerprint density at radius 1 is 1.15 bits per heavy atom. The summed E-state index contributed by atoms with van der Waals surface area (Å²) in [6, 6.07) is 11.1. The number of carboxylic acids is 1.